The van der Waals surface area contributed by atoms with E-state index in [0.29, 0.717) is 17.4 Å². The number of ether oxygens (including phenoxy) is 1. The van der Waals surface area contributed by atoms with E-state index < -0.39 is 0 Å². The van der Waals surface area contributed by atoms with Crippen molar-refractivity contribution in [1.82, 2.24) is 0 Å². The van der Waals surface area contributed by atoms with Gasteiger partial charge in [0, 0.05) is 0 Å². The van der Waals surface area contributed by atoms with Crippen molar-refractivity contribution in [3.05, 3.63) is 11.6 Å². The number of epoxide rings is 1. The number of fused-ring (bicyclic) bond motifs is 2. The maximum absolute atomic E-state index is 9.43. The summed E-state index contributed by atoms with van der Waals surface area (Å²) in [5.74, 6) is 1.48. The molecule has 4 atom stereocenters. The summed E-state index contributed by atoms with van der Waals surface area (Å²) in [6.07, 6.45) is 7.38. The molecule has 0 aromatic carbocycles. The Morgan fingerprint density at radius 2 is 2.12 bits per heavy atom. The minimum absolute atomic E-state index is 0.154. The number of allylic oxidation sites excluding steroid dienone is 1. The predicted molar refractivity (Wildman–Crippen MR) is 67.7 cm³/mol. The molecular formula is C15H24O2. The molecule has 0 bridgehead atoms. The van der Waals surface area contributed by atoms with Crippen molar-refractivity contribution in [2.24, 2.45) is 17.3 Å². The zero-order chi connectivity index (χ0) is 12.3. The third-order valence-corrected chi connectivity index (χ3v) is 5.47. The van der Waals surface area contributed by atoms with Crippen molar-refractivity contribution in [1.29, 1.82) is 0 Å². The first-order valence-electron chi connectivity index (χ1n) is 6.95. The molecule has 0 spiro atoms. The highest BCUT2D eigenvalue weighted by Gasteiger charge is 2.59. The van der Waals surface area contributed by atoms with Crippen LogP contribution in [0.2, 0.25) is 0 Å². The normalized spacial score (nSPS) is 50.6. The third-order valence-electron chi connectivity index (χ3n) is 5.47. The van der Waals surface area contributed by atoms with Gasteiger partial charge in [0.2, 0.25) is 0 Å². The van der Waals surface area contributed by atoms with E-state index in [2.05, 4.69) is 26.8 Å². The van der Waals surface area contributed by atoms with Crippen LogP contribution in [0.5, 0.6) is 0 Å². The Labute approximate surface area is 104 Å². The zero-order valence-electron chi connectivity index (χ0n) is 11.2. The van der Waals surface area contributed by atoms with Crippen LogP contribution in [0.25, 0.3) is 0 Å². The van der Waals surface area contributed by atoms with Crippen molar-refractivity contribution < 1.29 is 9.84 Å². The molecule has 1 saturated carbocycles. The molecule has 2 aliphatic carbocycles. The molecule has 17 heavy (non-hydrogen) atoms. The second kappa shape index (κ2) is 3.58. The fourth-order valence-electron chi connectivity index (χ4n) is 3.77. The largest absolute Gasteiger partial charge is 0.392 e. The average molecular weight is 236 g/mol. The second-order valence-corrected chi connectivity index (χ2v) is 6.93. The van der Waals surface area contributed by atoms with E-state index in [0.717, 1.165) is 18.8 Å². The number of aliphatic hydroxyl groups is 1. The fraction of sp³-hybridized carbons (Fsp3) is 0.867. The standard InChI is InChI=1S/C15H24O2/c1-14(2)11-6-7-15(3)13(17-15)5-4-10(9-16)8-12(11)14/h8,11-13,16H,4-7,9H2,1-3H3/b10-8+/t11-,12-,13+,15-/m1/s1. The van der Waals surface area contributed by atoms with Gasteiger partial charge in [0.1, 0.15) is 0 Å². The molecule has 3 rings (SSSR count). The van der Waals surface area contributed by atoms with E-state index in [9.17, 15) is 5.11 Å². The quantitative estimate of drug-likeness (QED) is 0.561. The van der Waals surface area contributed by atoms with E-state index in [1.54, 1.807) is 0 Å². The van der Waals surface area contributed by atoms with Crippen LogP contribution >= 0.6 is 0 Å². The first-order chi connectivity index (χ1) is 7.97. The van der Waals surface area contributed by atoms with Crippen molar-refractivity contribution in [2.45, 2.75) is 58.2 Å². The van der Waals surface area contributed by atoms with Crippen LogP contribution in [-0.2, 0) is 4.74 Å². The Kier molecular flexibility index (Phi) is 2.47. The molecule has 1 saturated heterocycles. The molecule has 1 heterocycles. The van der Waals surface area contributed by atoms with Crippen LogP contribution in [0.3, 0.4) is 0 Å². The van der Waals surface area contributed by atoms with Gasteiger partial charge < -0.3 is 9.84 Å². The van der Waals surface area contributed by atoms with Crippen molar-refractivity contribution in [3.8, 4) is 0 Å². The Balaban J connectivity index is 1.79. The Hall–Kier alpha value is -0.340. The molecule has 3 aliphatic rings. The summed E-state index contributed by atoms with van der Waals surface area (Å²) < 4.78 is 5.86. The van der Waals surface area contributed by atoms with Gasteiger partial charge >= 0.3 is 0 Å². The molecule has 2 nitrogen and oxygen atoms in total. The van der Waals surface area contributed by atoms with Gasteiger partial charge in [-0.25, -0.2) is 0 Å². The van der Waals surface area contributed by atoms with Crippen LogP contribution in [0.15, 0.2) is 11.6 Å². The van der Waals surface area contributed by atoms with Gasteiger partial charge in [-0.1, -0.05) is 19.9 Å². The monoisotopic (exact) mass is 236 g/mol. The number of hydrogen-bond donors (Lipinski definition) is 1. The topological polar surface area (TPSA) is 32.8 Å². The highest BCUT2D eigenvalue weighted by molar-refractivity contribution is 5.21. The molecule has 0 aromatic heterocycles. The lowest BCUT2D eigenvalue weighted by Gasteiger charge is -2.09. The summed E-state index contributed by atoms with van der Waals surface area (Å²) in [6, 6.07) is 0. The number of hydrogen-bond acceptors (Lipinski definition) is 2. The number of rotatable bonds is 1. The fourth-order valence-corrected chi connectivity index (χ4v) is 3.77. The van der Waals surface area contributed by atoms with E-state index in [-0.39, 0.29) is 12.2 Å². The first-order valence-corrected chi connectivity index (χ1v) is 6.95. The molecule has 1 aliphatic heterocycles. The van der Waals surface area contributed by atoms with Gasteiger partial charge in [0.15, 0.2) is 0 Å². The summed E-state index contributed by atoms with van der Waals surface area (Å²) in [7, 11) is 0. The van der Waals surface area contributed by atoms with Crippen LogP contribution in [0.1, 0.15) is 46.5 Å². The lowest BCUT2D eigenvalue weighted by atomic mass is 9.93. The highest BCUT2D eigenvalue weighted by atomic mass is 16.6. The van der Waals surface area contributed by atoms with Crippen LogP contribution in [0.4, 0.5) is 0 Å². The second-order valence-electron chi connectivity index (χ2n) is 6.93. The molecule has 1 N–H and O–H groups in total. The molecule has 0 unspecified atom stereocenters. The summed E-state index contributed by atoms with van der Waals surface area (Å²) in [5, 5.41) is 9.43. The molecular weight excluding hydrogens is 212 g/mol. The zero-order valence-corrected chi connectivity index (χ0v) is 11.2. The van der Waals surface area contributed by atoms with Gasteiger partial charge in [-0.2, -0.15) is 0 Å². The van der Waals surface area contributed by atoms with E-state index in [1.165, 1.54) is 18.4 Å². The van der Waals surface area contributed by atoms with Crippen molar-refractivity contribution in [2.75, 3.05) is 6.61 Å². The van der Waals surface area contributed by atoms with Crippen LogP contribution in [-0.4, -0.2) is 23.4 Å². The van der Waals surface area contributed by atoms with Crippen molar-refractivity contribution in [3.63, 3.8) is 0 Å². The summed E-state index contributed by atoms with van der Waals surface area (Å²) >= 11 is 0. The Morgan fingerprint density at radius 3 is 2.82 bits per heavy atom. The lowest BCUT2D eigenvalue weighted by Crippen LogP contribution is -2.12. The Morgan fingerprint density at radius 1 is 1.35 bits per heavy atom. The average Bonchev–Trinajstić information content (AvgIpc) is 3.07. The van der Waals surface area contributed by atoms with Crippen LogP contribution in [0, 0.1) is 17.3 Å². The molecule has 2 heteroatoms. The summed E-state index contributed by atoms with van der Waals surface area (Å²) in [6.45, 7) is 7.20. The van der Waals surface area contributed by atoms with Gasteiger partial charge in [0.25, 0.3) is 0 Å². The minimum atomic E-state index is 0.154. The predicted octanol–water partition coefficient (Wildman–Crippen LogP) is 2.91. The Bertz CT molecular complexity index is 358. The molecule has 0 radical (unpaired) electrons. The maximum Gasteiger partial charge on any atom is 0.0920 e. The van der Waals surface area contributed by atoms with E-state index in [4.69, 9.17) is 4.74 Å². The molecule has 96 valence electrons. The smallest absolute Gasteiger partial charge is 0.0920 e. The first kappa shape index (κ1) is 11.7. The van der Waals surface area contributed by atoms with Crippen LogP contribution < -0.4 is 0 Å². The van der Waals surface area contributed by atoms with Gasteiger partial charge in [-0.05, 0) is 55.4 Å². The van der Waals surface area contributed by atoms with Gasteiger partial charge in [-0.3, -0.25) is 0 Å². The molecule has 2 fully saturated rings. The van der Waals surface area contributed by atoms with E-state index >= 15 is 0 Å². The lowest BCUT2D eigenvalue weighted by molar-refractivity contribution is 0.283. The van der Waals surface area contributed by atoms with Gasteiger partial charge in [-0.15, -0.1) is 0 Å². The molecule has 0 amide bonds. The SMILES string of the molecule is CC1(C)[C@@H]2/C=C(/CO)CC[C@@H]3O[C@]3(C)CC[C@H]21. The third kappa shape index (κ3) is 1.86. The summed E-state index contributed by atoms with van der Waals surface area (Å²) in [5.41, 5.74) is 1.82. The number of aliphatic hydroxyl groups excluding tert-OH is 1. The van der Waals surface area contributed by atoms with E-state index in [1.807, 2.05) is 0 Å². The van der Waals surface area contributed by atoms with Gasteiger partial charge in [0.05, 0.1) is 18.3 Å². The van der Waals surface area contributed by atoms with Crippen molar-refractivity contribution >= 4 is 0 Å². The highest BCUT2D eigenvalue weighted by Crippen LogP contribution is 2.63. The minimum Gasteiger partial charge on any atom is -0.392 e. The molecule has 0 aromatic rings. The summed E-state index contributed by atoms with van der Waals surface area (Å²) in [4.78, 5) is 0. The maximum atomic E-state index is 9.43.